The Morgan fingerprint density at radius 2 is 1.90 bits per heavy atom. The SMILES string of the molecule is CCOC(=O)c1ccc(N2C(=O)CC(Sc3nc(C)c(C)c(C)c3C#N)C2=O)cc1. The van der Waals surface area contributed by atoms with E-state index in [-0.39, 0.29) is 24.8 Å². The summed E-state index contributed by atoms with van der Waals surface area (Å²) < 4.78 is 4.95. The van der Waals surface area contributed by atoms with Gasteiger partial charge in [0.25, 0.3) is 0 Å². The number of nitriles is 1. The maximum Gasteiger partial charge on any atom is 0.338 e. The first-order chi connectivity index (χ1) is 14.3. The quantitative estimate of drug-likeness (QED) is 0.536. The second-order valence-corrected chi connectivity index (χ2v) is 8.08. The molecule has 7 nitrogen and oxygen atoms in total. The molecule has 0 bridgehead atoms. The van der Waals surface area contributed by atoms with E-state index in [1.54, 1.807) is 19.1 Å². The lowest BCUT2D eigenvalue weighted by Crippen LogP contribution is -2.31. The topological polar surface area (TPSA) is 100 Å². The lowest BCUT2D eigenvalue weighted by atomic mass is 10.1. The molecule has 0 spiro atoms. The molecule has 2 amide bonds. The molecular formula is C22H21N3O4S. The molecule has 1 aromatic carbocycles. The molecule has 1 atom stereocenters. The number of carbonyl (C=O) groups is 3. The Morgan fingerprint density at radius 1 is 1.23 bits per heavy atom. The van der Waals surface area contributed by atoms with E-state index in [0.29, 0.717) is 21.8 Å². The van der Waals surface area contributed by atoms with Gasteiger partial charge in [-0.25, -0.2) is 14.7 Å². The first kappa shape index (κ1) is 21.5. The van der Waals surface area contributed by atoms with E-state index in [2.05, 4.69) is 11.1 Å². The predicted molar refractivity (Wildman–Crippen MR) is 112 cm³/mol. The first-order valence-electron chi connectivity index (χ1n) is 9.47. The average molecular weight is 423 g/mol. The number of aromatic nitrogens is 1. The lowest BCUT2D eigenvalue weighted by Gasteiger charge is -2.16. The summed E-state index contributed by atoms with van der Waals surface area (Å²) in [6, 6.07) is 8.31. The Bertz CT molecular complexity index is 1070. The number of hydrogen-bond acceptors (Lipinski definition) is 7. The van der Waals surface area contributed by atoms with Gasteiger partial charge in [-0.15, -0.1) is 0 Å². The third kappa shape index (κ3) is 3.94. The van der Waals surface area contributed by atoms with Crippen LogP contribution >= 0.6 is 11.8 Å². The molecule has 2 heterocycles. The highest BCUT2D eigenvalue weighted by molar-refractivity contribution is 8.00. The van der Waals surface area contributed by atoms with Crippen molar-refractivity contribution in [3.63, 3.8) is 0 Å². The van der Waals surface area contributed by atoms with Crippen LogP contribution in [0.5, 0.6) is 0 Å². The summed E-state index contributed by atoms with van der Waals surface area (Å²) in [5.41, 5.74) is 3.73. The van der Waals surface area contributed by atoms with Crippen LogP contribution in [0.1, 0.15) is 46.1 Å². The molecule has 3 rings (SSSR count). The summed E-state index contributed by atoms with van der Waals surface area (Å²) in [5, 5.41) is 9.34. The van der Waals surface area contributed by atoms with Crippen LogP contribution in [0.2, 0.25) is 0 Å². The fourth-order valence-electron chi connectivity index (χ4n) is 3.19. The highest BCUT2D eigenvalue weighted by Crippen LogP contribution is 2.36. The Hall–Kier alpha value is -3.18. The number of benzene rings is 1. The zero-order chi connectivity index (χ0) is 22.0. The van der Waals surface area contributed by atoms with Gasteiger partial charge in [-0.2, -0.15) is 5.26 Å². The third-order valence-electron chi connectivity index (χ3n) is 5.07. The van der Waals surface area contributed by atoms with Crippen LogP contribution in [0.25, 0.3) is 0 Å². The molecule has 2 aromatic rings. The van der Waals surface area contributed by atoms with Crippen molar-refractivity contribution in [1.82, 2.24) is 4.98 Å². The fourth-order valence-corrected chi connectivity index (χ4v) is 4.40. The number of amides is 2. The molecule has 30 heavy (non-hydrogen) atoms. The zero-order valence-corrected chi connectivity index (χ0v) is 18.0. The van der Waals surface area contributed by atoms with Gasteiger partial charge in [0.15, 0.2) is 0 Å². The first-order valence-corrected chi connectivity index (χ1v) is 10.3. The number of nitrogens with zero attached hydrogens (tertiary/aromatic N) is 3. The molecule has 0 radical (unpaired) electrons. The number of pyridine rings is 1. The van der Waals surface area contributed by atoms with Crippen molar-refractivity contribution in [2.45, 2.75) is 44.4 Å². The molecule has 1 aromatic heterocycles. The van der Waals surface area contributed by atoms with Gasteiger partial charge in [0.1, 0.15) is 11.1 Å². The van der Waals surface area contributed by atoms with E-state index < -0.39 is 11.2 Å². The Labute approximate surface area is 179 Å². The minimum absolute atomic E-state index is 0.0155. The number of anilines is 1. The molecule has 0 aliphatic carbocycles. The van der Waals surface area contributed by atoms with Gasteiger partial charge in [-0.05, 0) is 63.1 Å². The summed E-state index contributed by atoms with van der Waals surface area (Å²) in [5.74, 6) is -1.16. The van der Waals surface area contributed by atoms with Crippen LogP contribution in [0.4, 0.5) is 5.69 Å². The number of esters is 1. The summed E-state index contributed by atoms with van der Waals surface area (Å²) in [4.78, 5) is 42.9. The fraction of sp³-hybridized carbons (Fsp3) is 0.318. The van der Waals surface area contributed by atoms with Gasteiger partial charge in [0, 0.05) is 12.1 Å². The second kappa shape index (κ2) is 8.67. The smallest absolute Gasteiger partial charge is 0.338 e. The molecule has 8 heteroatoms. The largest absolute Gasteiger partial charge is 0.462 e. The summed E-state index contributed by atoms with van der Waals surface area (Å²) in [6.45, 7) is 7.59. The summed E-state index contributed by atoms with van der Waals surface area (Å²) >= 11 is 1.14. The van der Waals surface area contributed by atoms with Crippen molar-refractivity contribution in [2.75, 3.05) is 11.5 Å². The van der Waals surface area contributed by atoms with Crippen molar-refractivity contribution in [1.29, 1.82) is 5.26 Å². The van der Waals surface area contributed by atoms with Crippen LogP contribution in [0.3, 0.4) is 0 Å². The molecular weight excluding hydrogens is 402 g/mol. The molecule has 1 saturated heterocycles. The standard InChI is InChI=1S/C22H21N3O4S/c1-5-29-22(28)15-6-8-16(9-7-15)25-19(26)10-18(21(25)27)30-20-17(11-23)13(3)12(2)14(4)24-20/h6-9,18H,5,10H2,1-4H3. The Kier molecular flexibility index (Phi) is 6.22. The number of hydrogen-bond donors (Lipinski definition) is 0. The number of rotatable bonds is 5. The van der Waals surface area contributed by atoms with E-state index in [4.69, 9.17) is 4.74 Å². The molecule has 1 fully saturated rings. The van der Waals surface area contributed by atoms with Gasteiger partial charge in [-0.3, -0.25) is 9.59 Å². The lowest BCUT2D eigenvalue weighted by molar-refractivity contribution is -0.121. The van der Waals surface area contributed by atoms with Gasteiger partial charge < -0.3 is 4.74 Å². The zero-order valence-electron chi connectivity index (χ0n) is 17.2. The second-order valence-electron chi connectivity index (χ2n) is 6.88. The van der Waals surface area contributed by atoms with Gasteiger partial charge in [-0.1, -0.05) is 11.8 Å². The molecule has 1 aliphatic heterocycles. The van der Waals surface area contributed by atoms with Crippen LogP contribution in [-0.4, -0.2) is 34.6 Å². The normalized spacial score (nSPS) is 16.0. The maximum absolute atomic E-state index is 13.0. The Morgan fingerprint density at radius 3 is 2.50 bits per heavy atom. The molecule has 154 valence electrons. The van der Waals surface area contributed by atoms with Gasteiger partial charge in [0.05, 0.1) is 28.7 Å². The Balaban J connectivity index is 1.84. The van der Waals surface area contributed by atoms with E-state index >= 15 is 0 Å². The molecule has 1 aliphatic rings. The van der Waals surface area contributed by atoms with Crippen LogP contribution < -0.4 is 4.90 Å². The third-order valence-corrected chi connectivity index (χ3v) is 6.24. The van der Waals surface area contributed by atoms with E-state index in [1.807, 2.05) is 20.8 Å². The van der Waals surface area contributed by atoms with Crippen LogP contribution in [0, 0.1) is 32.1 Å². The minimum Gasteiger partial charge on any atom is -0.462 e. The van der Waals surface area contributed by atoms with Crippen molar-refractivity contribution < 1.29 is 19.1 Å². The van der Waals surface area contributed by atoms with Crippen LogP contribution in [-0.2, 0) is 14.3 Å². The van der Waals surface area contributed by atoms with Crippen LogP contribution in [0.15, 0.2) is 29.3 Å². The minimum atomic E-state index is -0.664. The van der Waals surface area contributed by atoms with Crippen molar-refractivity contribution in [3.8, 4) is 6.07 Å². The molecule has 0 N–H and O–H groups in total. The van der Waals surface area contributed by atoms with E-state index in [1.165, 1.54) is 12.1 Å². The predicted octanol–water partition coefficient (Wildman–Crippen LogP) is 3.48. The summed E-state index contributed by atoms with van der Waals surface area (Å²) in [6.07, 6.45) is 0.0155. The van der Waals surface area contributed by atoms with Gasteiger partial charge >= 0.3 is 5.97 Å². The van der Waals surface area contributed by atoms with Gasteiger partial charge in [0.2, 0.25) is 11.8 Å². The number of ether oxygens (including phenoxy) is 1. The van der Waals surface area contributed by atoms with Crippen molar-refractivity contribution in [2.24, 2.45) is 0 Å². The number of carbonyl (C=O) groups excluding carboxylic acids is 3. The number of aryl methyl sites for hydroxylation is 1. The van der Waals surface area contributed by atoms with Crippen molar-refractivity contribution >= 4 is 35.2 Å². The monoisotopic (exact) mass is 423 g/mol. The molecule has 0 saturated carbocycles. The van der Waals surface area contributed by atoms with E-state index in [0.717, 1.165) is 33.5 Å². The average Bonchev–Trinajstić information content (AvgIpc) is 3.00. The number of thioether (sulfide) groups is 1. The highest BCUT2D eigenvalue weighted by atomic mass is 32.2. The van der Waals surface area contributed by atoms with E-state index in [9.17, 15) is 19.6 Å². The summed E-state index contributed by atoms with van der Waals surface area (Å²) in [7, 11) is 0. The number of imide groups is 1. The highest BCUT2D eigenvalue weighted by Gasteiger charge is 2.41. The molecule has 1 unspecified atom stereocenters. The van der Waals surface area contributed by atoms with Crippen molar-refractivity contribution in [3.05, 3.63) is 52.2 Å². The maximum atomic E-state index is 13.0.